The van der Waals surface area contributed by atoms with Crippen LogP contribution in [0.25, 0.3) is 22.3 Å². The highest BCUT2D eigenvalue weighted by Crippen LogP contribution is 2.52. The van der Waals surface area contributed by atoms with E-state index in [0.29, 0.717) is 45.6 Å². The average molecular weight is 823 g/mol. The number of carbonyl (C=O) groups is 4. The number of hydrogen-bond donors (Lipinski definition) is 4. The summed E-state index contributed by atoms with van der Waals surface area (Å²) < 4.78 is 18.0. The highest BCUT2D eigenvalue weighted by Gasteiger charge is 2.61. The first-order valence-electron chi connectivity index (χ1n) is 19.5. The van der Waals surface area contributed by atoms with E-state index in [4.69, 9.17) is 35.8 Å². The van der Waals surface area contributed by atoms with E-state index < -0.39 is 58.9 Å². The number of carboxylic acids is 1. The maximum atomic E-state index is 14.7. The van der Waals surface area contributed by atoms with E-state index in [2.05, 4.69) is 22.5 Å². The largest absolute Gasteiger partial charge is 0.495 e. The third-order valence-corrected chi connectivity index (χ3v) is 12.8. The average Bonchev–Trinajstić information content (AvgIpc) is 3.86. The first-order valence-corrected chi connectivity index (χ1v) is 20.7. The lowest BCUT2D eigenvalue weighted by molar-refractivity contribution is -0.146. The van der Waals surface area contributed by atoms with Gasteiger partial charge in [0, 0.05) is 34.7 Å². The number of amides is 3. The van der Waals surface area contributed by atoms with Gasteiger partial charge in [0.15, 0.2) is 5.13 Å². The summed E-state index contributed by atoms with van der Waals surface area (Å²) in [5.74, 6) is -0.801. The molecule has 1 saturated heterocycles. The highest BCUT2D eigenvalue weighted by atomic mass is 35.5. The van der Waals surface area contributed by atoms with Gasteiger partial charge in [-0.1, -0.05) is 38.4 Å². The summed E-state index contributed by atoms with van der Waals surface area (Å²) in [5, 5.41) is 20.6. The number of pyridine rings is 1. The van der Waals surface area contributed by atoms with Gasteiger partial charge in [-0.05, 0) is 75.8 Å². The summed E-state index contributed by atoms with van der Waals surface area (Å²) in [5.41, 5.74) is -0.768. The molecule has 4 N–H and O–H groups in total. The van der Waals surface area contributed by atoms with Crippen molar-refractivity contribution in [1.29, 1.82) is 0 Å². The Morgan fingerprint density at radius 1 is 1.09 bits per heavy atom. The number of carbonyl (C=O) groups excluding carboxylic acids is 3. The minimum Gasteiger partial charge on any atom is -0.495 e. The first-order chi connectivity index (χ1) is 26.9. The van der Waals surface area contributed by atoms with Gasteiger partial charge in [0.25, 0.3) is 0 Å². The van der Waals surface area contributed by atoms with E-state index in [1.807, 2.05) is 41.5 Å². The number of likely N-dealkylation sites (tertiary alicyclic amines) is 1. The zero-order valence-corrected chi connectivity index (χ0v) is 34.9. The van der Waals surface area contributed by atoms with E-state index in [-0.39, 0.29) is 36.6 Å². The van der Waals surface area contributed by atoms with Gasteiger partial charge < -0.3 is 40.2 Å². The molecule has 2 aromatic heterocycles. The number of carboxylic acid groups (broad SMARTS) is 1. The molecule has 3 amide bonds. The molecule has 1 aromatic carbocycles. The van der Waals surface area contributed by atoms with Gasteiger partial charge in [-0.2, -0.15) is 0 Å². The Hall–Kier alpha value is -4.63. The SMILES string of the molecule is C=C[C@@H]1C[C@]1(NC(=O)C1C[C@@H](Oc2cc(-c3nc(NC(C)C)sc3C)nc3c(Cl)c(OC)ccc23)CN1C(=O)[C@@H](NC(=O)O[C@@H]1C[C@@H]2C[C@@H]2C1)C(C)(C)C)C(=O)O. The smallest absolute Gasteiger partial charge is 0.408 e. The second-order valence-corrected chi connectivity index (χ2v) is 18.8. The number of thiazole rings is 1. The molecular formula is C41H51ClN6O8S. The van der Waals surface area contributed by atoms with Crippen molar-refractivity contribution < 1.29 is 38.5 Å². The molecule has 7 rings (SSSR count). The molecule has 0 spiro atoms. The highest BCUT2D eigenvalue weighted by molar-refractivity contribution is 7.16. The number of aryl methyl sites for hydroxylation is 1. The number of fused-ring (bicyclic) bond motifs is 2. The standard InChI is InChI=1S/C41H51ClN6O8S/c1-9-23-17-41(23,37(51)52)47-35(49)28-15-25(18-48(28)36(50)34(40(5,6)7)46-39(53)56-24-13-21-12-22(21)14-24)55-30-16-27(32-20(4)57-38(45-32)43-19(2)3)44-33-26(30)10-11-29(54-8)31(33)42/h9-11,16,19,21-25,28,34H,1,12-15,17-18H2,2-8H3,(H,43,45)(H,46,53)(H,47,49)(H,51,52)/t21-,22+,23-,24+,25-,28?,34-,41-/m1/s1. The molecule has 16 heteroatoms. The summed E-state index contributed by atoms with van der Waals surface area (Å²) in [6.07, 6.45) is 2.89. The molecule has 3 aliphatic carbocycles. The molecule has 4 fully saturated rings. The van der Waals surface area contributed by atoms with Crippen LogP contribution in [0, 0.1) is 30.1 Å². The van der Waals surface area contributed by atoms with E-state index >= 15 is 0 Å². The molecule has 14 nitrogen and oxygen atoms in total. The number of halogens is 1. The number of aliphatic carboxylic acids is 1. The summed E-state index contributed by atoms with van der Waals surface area (Å²) in [6, 6.07) is 3.22. The van der Waals surface area contributed by atoms with Gasteiger partial charge in [-0.25, -0.2) is 19.6 Å². The van der Waals surface area contributed by atoms with Gasteiger partial charge in [0.05, 0.1) is 24.9 Å². The third-order valence-electron chi connectivity index (χ3n) is 11.5. The zero-order valence-electron chi connectivity index (χ0n) is 33.3. The number of methoxy groups -OCH3 is 1. The number of rotatable bonds is 13. The molecule has 1 aliphatic heterocycles. The van der Waals surface area contributed by atoms with Crippen LogP contribution in [0.1, 0.15) is 71.6 Å². The number of hydrogen-bond acceptors (Lipinski definition) is 11. The number of benzene rings is 1. The van der Waals surface area contributed by atoms with E-state index in [9.17, 15) is 24.3 Å². The summed E-state index contributed by atoms with van der Waals surface area (Å²) in [4.78, 5) is 66.6. The molecular weight excluding hydrogens is 772 g/mol. The van der Waals surface area contributed by atoms with E-state index in [0.717, 1.165) is 22.9 Å². The normalized spacial score (nSPS) is 26.7. The summed E-state index contributed by atoms with van der Waals surface area (Å²) in [6.45, 7) is 15.2. The first kappa shape index (κ1) is 40.6. The molecule has 0 bridgehead atoms. The number of alkyl carbamates (subject to hydrolysis) is 1. The zero-order chi connectivity index (χ0) is 41.1. The van der Waals surface area contributed by atoms with Crippen molar-refractivity contribution in [3.05, 3.63) is 40.8 Å². The molecule has 306 valence electrons. The van der Waals surface area contributed by atoms with Crippen LogP contribution in [0.4, 0.5) is 9.93 Å². The lowest BCUT2D eigenvalue weighted by Crippen LogP contribution is -2.59. The summed E-state index contributed by atoms with van der Waals surface area (Å²) in [7, 11) is 1.52. The fourth-order valence-electron chi connectivity index (χ4n) is 8.27. The van der Waals surface area contributed by atoms with Crippen LogP contribution in [0.3, 0.4) is 0 Å². The predicted molar refractivity (Wildman–Crippen MR) is 217 cm³/mol. The van der Waals surface area contributed by atoms with Crippen molar-refractivity contribution in [3.63, 3.8) is 0 Å². The minimum absolute atomic E-state index is 0.0272. The quantitative estimate of drug-likeness (QED) is 0.137. The monoisotopic (exact) mass is 822 g/mol. The lowest BCUT2D eigenvalue weighted by Gasteiger charge is -2.35. The van der Waals surface area contributed by atoms with Gasteiger partial charge >= 0.3 is 12.1 Å². The Labute approximate surface area is 341 Å². The third kappa shape index (κ3) is 8.09. The predicted octanol–water partition coefficient (Wildman–Crippen LogP) is 6.58. The van der Waals surface area contributed by atoms with Crippen molar-refractivity contribution in [2.75, 3.05) is 19.0 Å². The molecule has 1 unspecified atom stereocenters. The Morgan fingerprint density at radius 2 is 1.81 bits per heavy atom. The van der Waals surface area contributed by atoms with Crippen LogP contribution in [-0.2, 0) is 19.1 Å². The van der Waals surface area contributed by atoms with Crippen molar-refractivity contribution in [1.82, 2.24) is 25.5 Å². The maximum absolute atomic E-state index is 14.7. The minimum atomic E-state index is -1.53. The van der Waals surface area contributed by atoms with Gasteiger partial charge in [0.1, 0.15) is 52.0 Å². The van der Waals surface area contributed by atoms with Crippen LogP contribution in [-0.4, -0.2) is 93.4 Å². The number of ether oxygens (including phenoxy) is 3. The molecule has 57 heavy (non-hydrogen) atoms. The lowest BCUT2D eigenvalue weighted by atomic mass is 9.85. The number of nitrogens with zero attached hydrogens (tertiary/aromatic N) is 3. The number of nitrogens with one attached hydrogen (secondary N) is 3. The van der Waals surface area contributed by atoms with Crippen LogP contribution in [0.2, 0.25) is 5.02 Å². The molecule has 3 saturated carbocycles. The molecule has 3 heterocycles. The number of aromatic nitrogens is 2. The van der Waals surface area contributed by atoms with Crippen molar-refractivity contribution in [3.8, 4) is 22.9 Å². The van der Waals surface area contributed by atoms with Crippen LogP contribution >= 0.6 is 22.9 Å². The Morgan fingerprint density at radius 3 is 2.42 bits per heavy atom. The molecule has 8 atom stereocenters. The topological polar surface area (TPSA) is 181 Å². The number of anilines is 1. The van der Waals surface area contributed by atoms with Gasteiger partial charge in [-0.15, -0.1) is 17.9 Å². The van der Waals surface area contributed by atoms with Crippen LogP contribution in [0.15, 0.2) is 30.9 Å². The van der Waals surface area contributed by atoms with Crippen molar-refractivity contribution >= 4 is 62.8 Å². The van der Waals surface area contributed by atoms with Crippen molar-refractivity contribution in [2.45, 2.75) is 110 Å². The molecule has 3 aromatic rings. The van der Waals surface area contributed by atoms with E-state index in [1.165, 1.54) is 35.8 Å². The van der Waals surface area contributed by atoms with E-state index in [1.54, 1.807) is 18.2 Å². The van der Waals surface area contributed by atoms with Crippen molar-refractivity contribution in [2.24, 2.45) is 23.2 Å². The Balaban J connectivity index is 1.22. The Kier molecular flexibility index (Phi) is 10.9. The van der Waals surface area contributed by atoms with Crippen LogP contribution in [0.5, 0.6) is 11.5 Å². The molecule has 4 aliphatic rings. The van der Waals surface area contributed by atoms with Gasteiger partial charge in [-0.3, -0.25) is 9.59 Å². The molecule has 0 radical (unpaired) electrons. The summed E-state index contributed by atoms with van der Waals surface area (Å²) >= 11 is 8.35. The van der Waals surface area contributed by atoms with Gasteiger partial charge in [0.2, 0.25) is 11.8 Å². The second-order valence-electron chi connectivity index (χ2n) is 17.2. The maximum Gasteiger partial charge on any atom is 0.408 e. The fourth-order valence-corrected chi connectivity index (χ4v) is 9.53. The van der Waals surface area contributed by atoms with Crippen LogP contribution < -0.4 is 25.4 Å². The fraction of sp³-hybridized carbons (Fsp3) is 0.561. The Bertz CT molecular complexity index is 2110. The second kappa shape index (κ2) is 15.3.